The van der Waals surface area contributed by atoms with Gasteiger partial charge in [-0.1, -0.05) is 55.3 Å². The normalized spacial score (nSPS) is 16.3. The Morgan fingerprint density at radius 3 is 2.43 bits per heavy atom. The Kier molecular flexibility index (Phi) is 4.46. The first kappa shape index (κ1) is 15.7. The van der Waals surface area contributed by atoms with E-state index in [1.54, 1.807) is 11.0 Å². The maximum Gasteiger partial charge on any atom is 0.233 e. The molecular weight excluding hydrogens is 289 g/mol. The van der Waals surface area contributed by atoms with Crippen molar-refractivity contribution in [2.45, 2.75) is 37.6 Å². The number of halogens is 1. The molecule has 3 rings (SSSR count). The Hall–Kier alpha value is -2.16. The van der Waals surface area contributed by atoms with E-state index in [0.717, 1.165) is 36.8 Å². The fourth-order valence-electron chi connectivity index (χ4n) is 3.69. The molecule has 0 unspecified atom stereocenters. The molecule has 0 bridgehead atoms. The van der Waals surface area contributed by atoms with Crippen LogP contribution in [0.15, 0.2) is 54.6 Å². The fourth-order valence-corrected chi connectivity index (χ4v) is 3.69. The summed E-state index contributed by atoms with van der Waals surface area (Å²) >= 11 is 0. The van der Waals surface area contributed by atoms with Crippen LogP contribution in [-0.4, -0.2) is 17.9 Å². The summed E-state index contributed by atoms with van der Waals surface area (Å²) in [5, 5.41) is 0. The predicted octanol–water partition coefficient (Wildman–Crippen LogP) is 4.30. The summed E-state index contributed by atoms with van der Waals surface area (Å²) in [6.07, 6.45) is 3.63. The van der Waals surface area contributed by atoms with Crippen LogP contribution in [0.25, 0.3) is 0 Å². The van der Waals surface area contributed by atoms with Crippen LogP contribution in [0.4, 0.5) is 4.39 Å². The number of hydrogen-bond donors (Lipinski definition) is 0. The first-order valence-corrected chi connectivity index (χ1v) is 8.17. The summed E-state index contributed by atoms with van der Waals surface area (Å²) in [6, 6.07) is 16.5. The molecule has 0 heterocycles. The maximum absolute atomic E-state index is 13.7. The zero-order valence-corrected chi connectivity index (χ0v) is 13.5. The van der Waals surface area contributed by atoms with Crippen LogP contribution < -0.4 is 0 Å². The number of amides is 1. The Morgan fingerprint density at radius 2 is 1.78 bits per heavy atom. The Bertz CT molecular complexity index is 677. The van der Waals surface area contributed by atoms with E-state index in [9.17, 15) is 9.18 Å². The molecule has 0 spiro atoms. The quantitative estimate of drug-likeness (QED) is 0.824. The third kappa shape index (κ3) is 3.14. The highest BCUT2D eigenvalue weighted by atomic mass is 19.1. The largest absolute Gasteiger partial charge is 0.341 e. The highest BCUT2D eigenvalue weighted by molar-refractivity contribution is 5.88. The van der Waals surface area contributed by atoms with Gasteiger partial charge in [0.15, 0.2) is 0 Å². The third-order valence-corrected chi connectivity index (χ3v) is 4.85. The van der Waals surface area contributed by atoms with Crippen LogP contribution >= 0.6 is 0 Å². The van der Waals surface area contributed by atoms with Crippen LogP contribution in [0, 0.1) is 5.82 Å². The maximum atomic E-state index is 13.7. The van der Waals surface area contributed by atoms with Crippen molar-refractivity contribution < 1.29 is 9.18 Å². The van der Waals surface area contributed by atoms with Crippen molar-refractivity contribution in [1.82, 2.24) is 4.90 Å². The number of hydrogen-bond acceptors (Lipinski definition) is 1. The summed E-state index contributed by atoms with van der Waals surface area (Å²) in [4.78, 5) is 15.0. The van der Waals surface area contributed by atoms with Gasteiger partial charge in [-0.15, -0.1) is 0 Å². The van der Waals surface area contributed by atoms with Crippen molar-refractivity contribution in [2.24, 2.45) is 0 Å². The van der Waals surface area contributed by atoms with Crippen LogP contribution in [0.2, 0.25) is 0 Å². The molecule has 1 amide bonds. The van der Waals surface area contributed by atoms with Crippen LogP contribution in [0.1, 0.15) is 36.8 Å². The minimum Gasteiger partial charge on any atom is -0.341 e. The molecule has 0 aromatic heterocycles. The minimum absolute atomic E-state index is 0.101. The van der Waals surface area contributed by atoms with Gasteiger partial charge in [-0.2, -0.15) is 0 Å². The summed E-state index contributed by atoms with van der Waals surface area (Å²) in [5.74, 6) is -0.170. The van der Waals surface area contributed by atoms with Crippen molar-refractivity contribution in [3.05, 3.63) is 71.5 Å². The standard InChI is InChI=1S/C20H22FNO/c1-22(15-16-8-3-2-4-9-16)19(23)20(12-5-6-13-20)17-10-7-11-18(21)14-17/h2-4,7-11,14H,5-6,12-13,15H2,1H3. The lowest BCUT2D eigenvalue weighted by atomic mass is 9.77. The number of nitrogens with zero attached hydrogens (tertiary/aromatic N) is 1. The van der Waals surface area contributed by atoms with Gasteiger partial charge in [-0.25, -0.2) is 4.39 Å². The lowest BCUT2D eigenvalue weighted by Gasteiger charge is -2.33. The first-order chi connectivity index (χ1) is 11.1. The van der Waals surface area contributed by atoms with Gasteiger partial charge in [-0.05, 0) is 36.1 Å². The van der Waals surface area contributed by atoms with Gasteiger partial charge in [-0.3, -0.25) is 4.79 Å². The molecule has 1 saturated carbocycles. The summed E-state index contributed by atoms with van der Waals surface area (Å²) in [6.45, 7) is 0.580. The number of likely N-dealkylation sites (N-methyl/N-ethyl adjacent to an activating group) is 1. The monoisotopic (exact) mass is 311 g/mol. The molecule has 23 heavy (non-hydrogen) atoms. The van der Waals surface area contributed by atoms with E-state index in [-0.39, 0.29) is 11.7 Å². The molecule has 0 N–H and O–H groups in total. The molecule has 0 atom stereocenters. The van der Waals surface area contributed by atoms with Crippen LogP contribution in [0.5, 0.6) is 0 Å². The van der Waals surface area contributed by atoms with E-state index in [0.29, 0.717) is 6.54 Å². The van der Waals surface area contributed by atoms with E-state index in [1.165, 1.54) is 12.1 Å². The van der Waals surface area contributed by atoms with Crippen molar-refractivity contribution in [3.63, 3.8) is 0 Å². The molecule has 120 valence electrons. The molecule has 3 heteroatoms. The van der Waals surface area contributed by atoms with Gasteiger partial charge in [0.1, 0.15) is 5.82 Å². The van der Waals surface area contributed by atoms with Gasteiger partial charge in [0, 0.05) is 13.6 Å². The van der Waals surface area contributed by atoms with Crippen molar-refractivity contribution in [1.29, 1.82) is 0 Å². The van der Waals surface area contributed by atoms with Crippen molar-refractivity contribution in [3.8, 4) is 0 Å². The second-order valence-corrected chi connectivity index (χ2v) is 6.45. The van der Waals surface area contributed by atoms with Crippen LogP contribution in [-0.2, 0) is 16.8 Å². The van der Waals surface area contributed by atoms with E-state index >= 15 is 0 Å². The molecule has 0 aliphatic heterocycles. The van der Waals surface area contributed by atoms with E-state index < -0.39 is 5.41 Å². The first-order valence-electron chi connectivity index (χ1n) is 8.17. The fraction of sp³-hybridized carbons (Fsp3) is 0.350. The molecule has 1 fully saturated rings. The topological polar surface area (TPSA) is 20.3 Å². The molecule has 1 aliphatic rings. The lowest BCUT2D eigenvalue weighted by molar-refractivity contribution is -0.136. The Balaban J connectivity index is 1.87. The lowest BCUT2D eigenvalue weighted by Crippen LogP contribution is -2.43. The van der Waals surface area contributed by atoms with Gasteiger partial charge in [0.25, 0.3) is 0 Å². The molecule has 2 aromatic carbocycles. The zero-order valence-electron chi connectivity index (χ0n) is 13.5. The Morgan fingerprint density at radius 1 is 1.09 bits per heavy atom. The number of carbonyl (C=O) groups excluding carboxylic acids is 1. The summed E-state index contributed by atoms with van der Waals surface area (Å²) in [5.41, 5.74) is 1.36. The Labute approximate surface area is 136 Å². The highest BCUT2D eigenvalue weighted by Gasteiger charge is 2.44. The number of benzene rings is 2. The molecule has 0 saturated heterocycles. The molecule has 2 nitrogen and oxygen atoms in total. The second-order valence-electron chi connectivity index (χ2n) is 6.45. The number of carbonyl (C=O) groups is 1. The van der Waals surface area contributed by atoms with Crippen LogP contribution in [0.3, 0.4) is 0 Å². The molecule has 1 aliphatic carbocycles. The summed E-state index contributed by atoms with van der Waals surface area (Å²) < 4.78 is 13.7. The van der Waals surface area contributed by atoms with Gasteiger partial charge < -0.3 is 4.90 Å². The molecular formula is C20H22FNO. The van der Waals surface area contributed by atoms with E-state index in [2.05, 4.69) is 0 Å². The number of rotatable bonds is 4. The minimum atomic E-state index is -0.564. The average Bonchev–Trinajstić information content (AvgIpc) is 3.06. The highest BCUT2D eigenvalue weighted by Crippen LogP contribution is 2.42. The molecule has 0 radical (unpaired) electrons. The van der Waals surface area contributed by atoms with E-state index in [1.807, 2.05) is 43.4 Å². The third-order valence-electron chi connectivity index (χ3n) is 4.85. The smallest absolute Gasteiger partial charge is 0.233 e. The van der Waals surface area contributed by atoms with Crippen molar-refractivity contribution in [2.75, 3.05) is 7.05 Å². The SMILES string of the molecule is CN(Cc1ccccc1)C(=O)C1(c2cccc(F)c2)CCCC1. The van der Waals surface area contributed by atoms with E-state index in [4.69, 9.17) is 0 Å². The van der Waals surface area contributed by atoms with Gasteiger partial charge >= 0.3 is 0 Å². The van der Waals surface area contributed by atoms with Gasteiger partial charge in [0.05, 0.1) is 5.41 Å². The average molecular weight is 311 g/mol. The second kappa shape index (κ2) is 6.53. The zero-order chi connectivity index (χ0) is 16.3. The molecule has 2 aromatic rings. The summed E-state index contributed by atoms with van der Waals surface area (Å²) in [7, 11) is 1.84. The van der Waals surface area contributed by atoms with Crippen molar-refractivity contribution >= 4 is 5.91 Å². The van der Waals surface area contributed by atoms with Gasteiger partial charge in [0.2, 0.25) is 5.91 Å². The predicted molar refractivity (Wildman–Crippen MR) is 89.5 cm³/mol.